The number of carbonyl (C=O) groups excluding carboxylic acids is 1. The number of nitrogens with zero attached hydrogens (tertiary/aromatic N) is 2. The molecule has 0 radical (unpaired) electrons. The first-order valence-corrected chi connectivity index (χ1v) is 7.24. The maximum atomic E-state index is 12.2. The molecule has 1 N–H and O–H groups in total. The van der Waals surface area contributed by atoms with Crippen LogP contribution in [0.5, 0.6) is 0 Å². The van der Waals surface area contributed by atoms with Gasteiger partial charge in [-0.25, -0.2) is 4.79 Å². The Hall–Kier alpha value is -2.41. The smallest absolute Gasteiger partial charge is 0.387 e. The lowest BCUT2D eigenvalue weighted by atomic mass is 10.1. The van der Waals surface area contributed by atoms with Crippen LogP contribution in [0.2, 0.25) is 0 Å². The third kappa shape index (κ3) is 2.59. The Morgan fingerprint density at radius 1 is 1.48 bits per heavy atom. The van der Waals surface area contributed by atoms with Gasteiger partial charge in [-0.15, -0.1) is 16.4 Å². The van der Waals surface area contributed by atoms with Gasteiger partial charge in [0.2, 0.25) is 0 Å². The van der Waals surface area contributed by atoms with E-state index in [4.69, 9.17) is 4.42 Å². The van der Waals surface area contributed by atoms with Crippen molar-refractivity contribution < 1.29 is 9.21 Å². The van der Waals surface area contributed by atoms with Crippen LogP contribution in [0.1, 0.15) is 21.7 Å². The van der Waals surface area contributed by atoms with Crippen molar-refractivity contribution in [3.63, 3.8) is 0 Å². The standard InChI is InChI=1S/C14H13N3O3S/c1-8-6-10(9(2)15-8)11(18)7-17-14(19)20-13(16-17)12-4-3-5-21-12/h3-6,15H,7H2,1-2H3. The molecule has 0 fully saturated rings. The highest BCUT2D eigenvalue weighted by Crippen LogP contribution is 2.21. The molecule has 0 saturated heterocycles. The maximum Gasteiger partial charge on any atom is 0.437 e. The number of hydrogen-bond acceptors (Lipinski definition) is 5. The van der Waals surface area contributed by atoms with Crippen molar-refractivity contribution in [3.8, 4) is 10.8 Å². The Bertz CT molecular complexity index is 839. The summed E-state index contributed by atoms with van der Waals surface area (Å²) in [6.45, 7) is 3.57. The van der Waals surface area contributed by atoms with Gasteiger partial charge in [-0.05, 0) is 31.4 Å². The summed E-state index contributed by atoms with van der Waals surface area (Å²) >= 11 is 1.42. The van der Waals surface area contributed by atoms with Crippen LogP contribution in [-0.4, -0.2) is 20.5 Å². The van der Waals surface area contributed by atoms with Gasteiger partial charge in [0.1, 0.15) is 6.54 Å². The number of aryl methyl sites for hydroxylation is 2. The van der Waals surface area contributed by atoms with Gasteiger partial charge in [0.25, 0.3) is 5.89 Å². The van der Waals surface area contributed by atoms with Crippen LogP contribution in [0, 0.1) is 13.8 Å². The second-order valence-corrected chi connectivity index (χ2v) is 5.67. The summed E-state index contributed by atoms with van der Waals surface area (Å²) in [7, 11) is 0. The van der Waals surface area contributed by atoms with Crippen LogP contribution in [0.15, 0.2) is 32.8 Å². The van der Waals surface area contributed by atoms with Crippen LogP contribution in [0.3, 0.4) is 0 Å². The van der Waals surface area contributed by atoms with Gasteiger partial charge in [0, 0.05) is 17.0 Å². The molecule has 3 heterocycles. The highest BCUT2D eigenvalue weighted by atomic mass is 32.1. The van der Waals surface area contributed by atoms with Crippen molar-refractivity contribution >= 4 is 17.1 Å². The minimum absolute atomic E-state index is 0.133. The fourth-order valence-electron chi connectivity index (χ4n) is 2.14. The van der Waals surface area contributed by atoms with Crippen molar-refractivity contribution in [2.75, 3.05) is 0 Å². The summed E-state index contributed by atoms with van der Waals surface area (Å²) in [5.74, 6) is -0.564. The minimum atomic E-state index is -0.628. The lowest BCUT2D eigenvalue weighted by molar-refractivity contribution is 0.0964. The van der Waals surface area contributed by atoms with Gasteiger partial charge in [-0.2, -0.15) is 4.68 Å². The molecule has 0 unspecified atom stereocenters. The number of aromatic nitrogens is 3. The van der Waals surface area contributed by atoms with Crippen LogP contribution in [0.25, 0.3) is 10.8 Å². The first kappa shape index (κ1) is 13.6. The van der Waals surface area contributed by atoms with Crippen LogP contribution >= 0.6 is 11.3 Å². The number of thiophene rings is 1. The summed E-state index contributed by atoms with van der Waals surface area (Å²) < 4.78 is 6.13. The second-order valence-electron chi connectivity index (χ2n) is 4.72. The van der Waals surface area contributed by atoms with E-state index in [9.17, 15) is 9.59 Å². The Balaban J connectivity index is 1.87. The van der Waals surface area contributed by atoms with Gasteiger partial charge >= 0.3 is 5.76 Å². The zero-order chi connectivity index (χ0) is 15.0. The molecule has 0 amide bonds. The van der Waals surface area contributed by atoms with E-state index in [1.807, 2.05) is 31.4 Å². The number of nitrogens with one attached hydrogen (secondary N) is 1. The zero-order valence-electron chi connectivity index (χ0n) is 11.5. The molecule has 0 aliphatic heterocycles. The van der Waals surface area contributed by atoms with Gasteiger partial charge in [0.15, 0.2) is 5.78 Å². The van der Waals surface area contributed by atoms with E-state index in [0.717, 1.165) is 20.9 Å². The summed E-state index contributed by atoms with van der Waals surface area (Å²) in [6, 6.07) is 5.42. The van der Waals surface area contributed by atoms with Crippen molar-refractivity contribution in [1.82, 2.24) is 14.8 Å². The molecular formula is C14H13N3O3S. The van der Waals surface area contributed by atoms with E-state index < -0.39 is 5.76 Å². The summed E-state index contributed by atoms with van der Waals surface area (Å²) in [5, 5.41) is 5.94. The maximum absolute atomic E-state index is 12.2. The van der Waals surface area contributed by atoms with Crippen molar-refractivity contribution in [2.45, 2.75) is 20.4 Å². The predicted octanol–water partition coefficient (Wildman–Crippen LogP) is 2.39. The number of rotatable bonds is 4. The Labute approximate surface area is 124 Å². The largest absolute Gasteiger partial charge is 0.437 e. The Morgan fingerprint density at radius 2 is 2.29 bits per heavy atom. The topological polar surface area (TPSA) is 80.9 Å². The van der Waals surface area contributed by atoms with Crippen molar-refractivity contribution in [2.24, 2.45) is 0 Å². The fraction of sp³-hybridized carbons (Fsp3) is 0.214. The van der Waals surface area contributed by atoms with Crippen LogP contribution in [-0.2, 0) is 6.54 Å². The van der Waals surface area contributed by atoms with E-state index in [-0.39, 0.29) is 18.2 Å². The van der Waals surface area contributed by atoms with Gasteiger partial charge in [0.05, 0.1) is 4.88 Å². The summed E-state index contributed by atoms with van der Waals surface area (Å²) in [6.07, 6.45) is 0. The van der Waals surface area contributed by atoms with Crippen molar-refractivity contribution in [3.05, 3.63) is 51.1 Å². The normalized spacial score (nSPS) is 11.0. The van der Waals surface area contributed by atoms with E-state index >= 15 is 0 Å². The van der Waals surface area contributed by atoms with Gasteiger partial charge in [-0.1, -0.05) is 6.07 Å². The molecule has 0 bridgehead atoms. The molecule has 6 nitrogen and oxygen atoms in total. The third-order valence-electron chi connectivity index (χ3n) is 3.08. The molecule has 7 heteroatoms. The van der Waals surface area contributed by atoms with Crippen LogP contribution < -0.4 is 5.76 Å². The average molecular weight is 303 g/mol. The van der Waals surface area contributed by atoms with Gasteiger partial charge in [-0.3, -0.25) is 4.79 Å². The molecule has 0 atom stereocenters. The molecule has 0 aromatic carbocycles. The molecule has 3 rings (SSSR count). The molecule has 108 valence electrons. The lowest BCUT2D eigenvalue weighted by Crippen LogP contribution is -2.21. The zero-order valence-corrected chi connectivity index (χ0v) is 12.4. The lowest BCUT2D eigenvalue weighted by Gasteiger charge is -1.98. The SMILES string of the molecule is Cc1cc(C(=O)Cn2nc(-c3cccs3)oc2=O)c(C)[nH]1. The van der Waals surface area contributed by atoms with Gasteiger partial charge < -0.3 is 9.40 Å². The highest BCUT2D eigenvalue weighted by Gasteiger charge is 2.17. The Morgan fingerprint density at radius 3 is 2.90 bits per heavy atom. The number of Topliss-reactive ketones (excluding diaryl/α,β-unsaturated/α-hetero) is 1. The molecule has 0 aliphatic carbocycles. The monoisotopic (exact) mass is 303 g/mol. The van der Waals surface area contributed by atoms with Crippen LogP contribution in [0.4, 0.5) is 0 Å². The second kappa shape index (κ2) is 5.17. The van der Waals surface area contributed by atoms with E-state index in [1.54, 1.807) is 6.07 Å². The number of carbonyl (C=O) groups is 1. The quantitative estimate of drug-likeness (QED) is 0.750. The minimum Gasteiger partial charge on any atom is -0.387 e. The summed E-state index contributed by atoms with van der Waals surface area (Å²) in [5.41, 5.74) is 2.26. The fourth-order valence-corrected chi connectivity index (χ4v) is 2.78. The molecule has 0 aliphatic rings. The molecular weight excluding hydrogens is 290 g/mol. The number of hydrogen-bond donors (Lipinski definition) is 1. The number of ketones is 1. The molecule has 3 aromatic rings. The third-order valence-corrected chi connectivity index (χ3v) is 3.94. The highest BCUT2D eigenvalue weighted by molar-refractivity contribution is 7.13. The predicted molar refractivity (Wildman–Crippen MR) is 78.7 cm³/mol. The summed E-state index contributed by atoms with van der Waals surface area (Å²) in [4.78, 5) is 27.8. The first-order valence-electron chi connectivity index (χ1n) is 6.36. The van der Waals surface area contributed by atoms with E-state index in [0.29, 0.717) is 5.56 Å². The number of H-pyrrole nitrogens is 1. The first-order chi connectivity index (χ1) is 10.0. The molecule has 3 aromatic heterocycles. The number of aromatic amines is 1. The molecule has 0 saturated carbocycles. The van der Waals surface area contributed by atoms with E-state index in [2.05, 4.69) is 10.1 Å². The molecule has 21 heavy (non-hydrogen) atoms. The van der Waals surface area contributed by atoms with Crippen molar-refractivity contribution in [1.29, 1.82) is 0 Å². The molecule has 0 spiro atoms. The van der Waals surface area contributed by atoms with E-state index in [1.165, 1.54) is 11.3 Å². The Kier molecular flexibility index (Phi) is 3.34. The average Bonchev–Trinajstić information content (AvgIpc) is 3.11.